The van der Waals surface area contributed by atoms with Gasteiger partial charge in [-0.2, -0.15) is 0 Å². The van der Waals surface area contributed by atoms with Gasteiger partial charge in [0.25, 0.3) is 0 Å². The number of benzene rings is 6. The number of aromatic nitrogens is 1. The molecule has 1 aliphatic carbocycles. The molecule has 8 rings (SSSR count). The Labute approximate surface area is 232 Å². The molecule has 0 fully saturated rings. The zero-order chi connectivity index (χ0) is 27.0. The molecule has 1 aromatic heterocycles. The van der Waals surface area contributed by atoms with Crippen molar-refractivity contribution in [2.75, 3.05) is 0 Å². The van der Waals surface area contributed by atoms with E-state index in [9.17, 15) is 4.39 Å². The first-order chi connectivity index (χ1) is 19.5. The minimum absolute atomic E-state index is 0.0504. The molecule has 1 nitrogen and oxygen atoms in total. The molecule has 2 heteroatoms. The fourth-order valence-electron chi connectivity index (χ4n) is 6.76. The van der Waals surface area contributed by atoms with E-state index in [4.69, 9.17) is 4.98 Å². The Morgan fingerprint density at radius 3 is 2.08 bits per heavy atom. The number of para-hydroxylation sites is 1. The number of hydrogen-bond donors (Lipinski definition) is 0. The van der Waals surface area contributed by atoms with Crippen LogP contribution in [-0.2, 0) is 5.41 Å². The van der Waals surface area contributed by atoms with Crippen molar-refractivity contribution in [1.29, 1.82) is 0 Å². The second-order valence-electron chi connectivity index (χ2n) is 11.3. The van der Waals surface area contributed by atoms with Gasteiger partial charge in [0.15, 0.2) is 0 Å². The second-order valence-corrected chi connectivity index (χ2v) is 11.3. The molecular weight excluding hydrogens is 489 g/mol. The van der Waals surface area contributed by atoms with Crippen LogP contribution in [-0.4, -0.2) is 4.98 Å². The minimum Gasteiger partial charge on any atom is -0.247 e. The van der Waals surface area contributed by atoms with Crippen LogP contribution >= 0.6 is 0 Å². The lowest BCUT2D eigenvalue weighted by molar-refractivity contribution is 0.628. The molecule has 6 aromatic carbocycles. The van der Waals surface area contributed by atoms with E-state index >= 15 is 0 Å². The van der Waals surface area contributed by atoms with E-state index in [1.165, 1.54) is 61.7 Å². The van der Waals surface area contributed by atoms with Gasteiger partial charge in [-0.25, -0.2) is 9.37 Å². The summed E-state index contributed by atoms with van der Waals surface area (Å²) in [7, 11) is 0. The highest BCUT2D eigenvalue weighted by Crippen LogP contribution is 2.50. The zero-order valence-electron chi connectivity index (χ0n) is 22.4. The minimum atomic E-state index is -0.246. The lowest BCUT2D eigenvalue weighted by Gasteiger charge is -2.22. The van der Waals surface area contributed by atoms with Gasteiger partial charge in [-0.15, -0.1) is 0 Å². The third-order valence-electron chi connectivity index (χ3n) is 8.73. The maximum absolute atomic E-state index is 13.8. The maximum atomic E-state index is 13.8. The van der Waals surface area contributed by atoms with Crippen molar-refractivity contribution in [2.24, 2.45) is 0 Å². The first kappa shape index (κ1) is 23.1. The summed E-state index contributed by atoms with van der Waals surface area (Å²) >= 11 is 0. The summed E-state index contributed by atoms with van der Waals surface area (Å²) in [4.78, 5) is 5.04. The van der Waals surface area contributed by atoms with E-state index in [0.717, 1.165) is 27.5 Å². The van der Waals surface area contributed by atoms with Crippen molar-refractivity contribution in [3.8, 4) is 33.5 Å². The summed E-state index contributed by atoms with van der Waals surface area (Å²) in [5.41, 5.74) is 10.5. The highest BCUT2D eigenvalue weighted by Gasteiger charge is 2.35. The van der Waals surface area contributed by atoms with Gasteiger partial charge in [0.05, 0.1) is 11.2 Å². The van der Waals surface area contributed by atoms with Crippen LogP contribution in [0.3, 0.4) is 0 Å². The predicted molar refractivity (Wildman–Crippen MR) is 165 cm³/mol. The summed E-state index contributed by atoms with van der Waals surface area (Å²) in [6, 6.07) is 41.7. The lowest BCUT2D eigenvalue weighted by Crippen LogP contribution is -2.14. The van der Waals surface area contributed by atoms with E-state index in [2.05, 4.69) is 105 Å². The number of fused-ring (bicyclic) bond motifs is 8. The van der Waals surface area contributed by atoms with Crippen LogP contribution in [0.2, 0.25) is 0 Å². The molecule has 0 saturated carbocycles. The topological polar surface area (TPSA) is 12.9 Å². The molecule has 0 amide bonds. The maximum Gasteiger partial charge on any atom is 0.123 e. The molecule has 40 heavy (non-hydrogen) atoms. The van der Waals surface area contributed by atoms with Crippen LogP contribution in [0, 0.1) is 5.82 Å². The summed E-state index contributed by atoms with van der Waals surface area (Å²) in [6.07, 6.45) is 0. The van der Waals surface area contributed by atoms with Crippen LogP contribution in [0.15, 0.2) is 121 Å². The Morgan fingerprint density at radius 1 is 0.525 bits per heavy atom. The molecule has 0 aliphatic heterocycles. The molecule has 0 spiro atoms. The first-order valence-corrected chi connectivity index (χ1v) is 13.8. The third kappa shape index (κ3) is 3.23. The summed E-state index contributed by atoms with van der Waals surface area (Å²) in [6.45, 7) is 4.66. The van der Waals surface area contributed by atoms with E-state index in [-0.39, 0.29) is 11.2 Å². The normalized spacial score (nSPS) is 13.6. The molecular formula is C38H26FN. The Kier molecular flexibility index (Phi) is 4.82. The van der Waals surface area contributed by atoms with Crippen LogP contribution in [0.4, 0.5) is 4.39 Å². The van der Waals surface area contributed by atoms with Gasteiger partial charge in [0.1, 0.15) is 5.82 Å². The monoisotopic (exact) mass is 515 g/mol. The second kappa shape index (κ2) is 8.34. The number of halogens is 1. The number of nitrogens with zero attached hydrogens (tertiary/aromatic N) is 1. The van der Waals surface area contributed by atoms with Crippen molar-refractivity contribution in [3.63, 3.8) is 0 Å². The van der Waals surface area contributed by atoms with Gasteiger partial charge in [-0.3, -0.25) is 0 Å². The molecule has 0 radical (unpaired) electrons. The van der Waals surface area contributed by atoms with Gasteiger partial charge >= 0.3 is 0 Å². The summed E-state index contributed by atoms with van der Waals surface area (Å²) < 4.78 is 13.8. The SMILES string of the molecule is CC1(C)c2ccccc2-c2ccc(-c3cccc4c3ccc3c(-c5ccc(F)cc5)nc5ccccc5c34)cc21. The predicted octanol–water partition coefficient (Wildman–Crippen LogP) is 10.3. The summed E-state index contributed by atoms with van der Waals surface area (Å²) in [5.74, 6) is -0.246. The van der Waals surface area contributed by atoms with Crippen LogP contribution < -0.4 is 0 Å². The van der Waals surface area contributed by atoms with Crippen LogP contribution in [0.1, 0.15) is 25.0 Å². The Hall–Kier alpha value is -4.82. The molecule has 1 aliphatic rings. The number of rotatable bonds is 2. The molecule has 190 valence electrons. The fraction of sp³-hybridized carbons (Fsp3) is 0.0789. The smallest absolute Gasteiger partial charge is 0.123 e. The van der Waals surface area contributed by atoms with Gasteiger partial charge < -0.3 is 0 Å². The standard InChI is InChI=1S/C38H26FN/c1-38(2)33-12-5-3-8-28(33)29-19-16-24(22-34(29)38)26-10-7-11-30-27(26)20-21-32-36(30)31-9-4-6-13-35(31)40-37(32)23-14-17-25(39)18-15-23/h3-22H,1-2H3. The lowest BCUT2D eigenvalue weighted by atomic mass is 9.81. The Bertz CT molecular complexity index is 2140. The highest BCUT2D eigenvalue weighted by atomic mass is 19.1. The Morgan fingerprint density at radius 2 is 1.20 bits per heavy atom. The van der Waals surface area contributed by atoms with Crippen LogP contribution in [0.5, 0.6) is 0 Å². The van der Waals surface area contributed by atoms with E-state index in [1.54, 1.807) is 0 Å². The van der Waals surface area contributed by atoms with Crippen molar-refractivity contribution >= 4 is 32.4 Å². The molecule has 0 saturated heterocycles. The fourth-order valence-corrected chi connectivity index (χ4v) is 6.76. The number of pyridine rings is 1. The zero-order valence-corrected chi connectivity index (χ0v) is 22.4. The molecule has 7 aromatic rings. The molecule has 1 heterocycles. The van der Waals surface area contributed by atoms with Gasteiger partial charge in [-0.1, -0.05) is 98.8 Å². The van der Waals surface area contributed by atoms with E-state index in [1.807, 2.05) is 18.2 Å². The van der Waals surface area contributed by atoms with Gasteiger partial charge in [-0.05, 0) is 80.6 Å². The van der Waals surface area contributed by atoms with Gasteiger partial charge in [0.2, 0.25) is 0 Å². The Balaban J connectivity index is 1.40. The quantitative estimate of drug-likeness (QED) is 0.209. The average molecular weight is 516 g/mol. The average Bonchev–Trinajstić information content (AvgIpc) is 3.22. The van der Waals surface area contributed by atoms with E-state index in [0.29, 0.717) is 0 Å². The first-order valence-electron chi connectivity index (χ1n) is 13.8. The van der Waals surface area contributed by atoms with Crippen LogP contribution in [0.25, 0.3) is 66.0 Å². The summed E-state index contributed by atoms with van der Waals surface area (Å²) in [5, 5.41) is 5.78. The molecule has 0 bridgehead atoms. The molecule has 0 N–H and O–H groups in total. The van der Waals surface area contributed by atoms with Gasteiger partial charge in [0, 0.05) is 27.1 Å². The van der Waals surface area contributed by atoms with Crippen molar-refractivity contribution in [1.82, 2.24) is 4.98 Å². The van der Waals surface area contributed by atoms with Crippen molar-refractivity contribution in [2.45, 2.75) is 19.3 Å². The van der Waals surface area contributed by atoms with Crippen molar-refractivity contribution < 1.29 is 4.39 Å². The molecule has 0 unspecified atom stereocenters. The van der Waals surface area contributed by atoms with Crippen molar-refractivity contribution in [3.05, 3.63) is 138 Å². The number of hydrogen-bond acceptors (Lipinski definition) is 1. The highest BCUT2D eigenvalue weighted by molar-refractivity contribution is 6.24. The largest absolute Gasteiger partial charge is 0.247 e. The van der Waals surface area contributed by atoms with E-state index < -0.39 is 0 Å². The molecule has 0 atom stereocenters. The third-order valence-corrected chi connectivity index (χ3v) is 8.73.